The summed E-state index contributed by atoms with van der Waals surface area (Å²) in [5.74, 6) is -0.301. The summed E-state index contributed by atoms with van der Waals surface area (Å²) in [5.41, 5.74) is 3.42. The molecule has 0 aliphatic heterocycles. The van der Waals surface area contributed by atoms with Gasteiger partial charge in [0.15, 0.2) is 0 Å². The van der Waals surface area contributed by atoms with Crippen LogP contribution in [0.2, 0.25) is 0 Å². The van der Waals surface area contributed by atoms with Gasteiger partial charge in [-0.15, -0.1) is 0 Å². The number of hydrogen-bond acceptors (Lipinski definition) is 2. The zero-order valence-electron chi connectivity index (χ0n) is 10.5. The molecule has 94 valence electrons. The van der Waals surface area contributed by atoms with E-state index >= 15 is 0 Å². The number of aryl methyl sites for hydroxylation is 1. The van der Waals surface area contributed by atoms with Gasteiger partial charge in [-0.1, -0.05) is 29.8 Å². The number of rotatable bonds is 2. The quantitative estimate of drug-likeness (QED) is 0.730. The molecule has 3 aromatic rings. The summed E-state index contributed by atoms with van der Waals surface area (Å²) in [6, 6.07) is 14.9. The molecule has 1 aromatic heterocycles. The standard InChI is InChI=1S/C16H13FN2/c1-11-5-7-12(8-6-11)19-15-9-10-18-16-13(15)3-2-4-14(16)17/h2-10H,1H3,(H,18,19). The third-order valence-electron chi connectivity index (χ3n) is 3.05. The van der Waals surface area contributed by atoms with Crippen LogP contribution in [-0.4, -0.2) is 4.98 Å². The molecule has 2 aromatic carbocycles. The fourth-order valence-electron chi connectivity index (χ4n) is 2.04. The maximum absolute atomic E-state index is 13.7. The van der Waals surface area contributed by atoms with Crippen LogP contribution in [-0.2, 0) is 0 Å². The first-order valence-electron chi connectivity index (χ1n) is 6.11. The molecular weight excluding hydrogens is 239 g/mol. The number of fused-ring (bicyclic) bond motifs is 1. The van der Waals surface area contributed by atoms with Gasteiger partial charge in [0.2, 0.25) is 0 Å². The van der Waals surface area contributed by atoms with E-state index in [1.54, 1.807) is 12.3 Å². The second kappa shape index (κ2) is 4.69. The third kappa shape index (κ3) is 2.27. The summed E-state index contributed by atoms with van der Waals surface area (Å²) in [7, 11) is 0. The van der Waals surface area contributed by atoms with E-state index in [1.165, 1.54) is 11.6 Å². The number of nitrogens with zero attached hydrogens (tertiary/aromatic N) is 1. The Bertz CT molecular complexity index is 720. The molecular formula is C16H13FN2. The summed E-state index contributed by atoms with van der Waals surface area (Å²) in [6.45, 7) is 2.04. The number of pyridine rings is 1. The predicted octanol–water partition coefficient (Wildman–Crippen LogP) is 4.43. The fraction of sp³-hybridized carbons (Fsp3) is 0.0625. The van der Waals surface area contributed by atoms with E-state index in [0.717, 1.165) is 16.8 Å². The van der Waals surface area contributed by atoms with E-state index in [-0.39, 0.29) is 5.82 Å². The van der Waals surface area contributed by atoms with Crippen LogP contribution in [0.1, 0.15) is 5.56 Å². The van der Waals surface area contributed by atoms with E-state index in [4.69, 9.17) is 0 Å². The van der Waals surface area contributed by atoms with Gasteiger partial charge in [0.25, 0.3) is 0 Å². The normalized spacial score (nSPS) is 10.6. The number of benzene rings is 2. The number of para-hydroxylation sites is 1. The average molecular weight is 252 g/mol. The van der Waals surface area contributed by atoms with Crippen LogP contribution in [0, 0.1) is 12.7 Å². The molecule has 3 heteroatoms. The Kier molecular flexibility index (Phi) is 2.88. The highest BCUT2D eigenvalue weighted by Crippen LogP contribution is 2.26. The molecule has 3 rings (SSSR count). The SMILES string of the molecule is Cc1ccc(Nc2ccnc3c(F)cccc23)cc1. The average Bonchev–Trinajstić information content (AvgIpc) is 2.43. The zero-order valence-corrected chi connectivity index (χ0v) is 10.5. The fourth-order valence-corrected chi connectivity index (χ4v) is 2.04. The predicted molar refractivity (Wildman–Crippen MR) is 76.2 cm³/mol. The van der Waals surface area contributed by atoms with Gasteiger partial charge in [0.05, 0.1) is 0 Å². The van der Waals surface area contributed by atoms with Gasteiger partial charge in [0.1, 0.15) is 11.3 Å². The molecule has 0 saturated heterocycles. The van der Waals surface area contributed by atoms with Crippen LogP contribution in [0.25, 0.3) is 10.9 Å². The van der Waals surface area contributed by atoms with Gasteiger partial charge in [-0.2, -0.15) is 0 Å². The number of halogens is 1. The van der Waals surface area contributed by atoms with Crippen molar-refractivity contribution < 1.29 is 4.39 Å². The number of anilines is 2. The molecule has 0 aliphatic rings. The lowest BCUT2D eigenvalue weighted by atomic mass is 10.1. The van der Waals surface area contributed by atoms with E-state index in [1.807, 2.05) is 43.3 Å². The van der Waals surface area contributed by atoms with Crippen molar-refractivity contribution in [1.82, 2.24) is 4.98 Å². The molecule has 19 heavy (non-hydrogen) atoms. The summed E-state index contributed by atoms with van der Waals surface area (Å²) >= 11 is 0. The van der Waals surface area contributed by atoms with Crippen molar-refractivity contribution in [3.8, 4) is 0 Å². The summed E-state index contributed by atoms with van der Waals surface area (Å²) in [6.07, 6.45) is 1.61. The summed E-state index contributed by atoms with van der Waals surface area (Å²) < 4.78 is 13.7. The molecule has 0 radical (unpaired) electrons. The minimum Gasteiger partial charge on any atom is -0.355 e. The van der Waals surface area contributed by atoms with Crippen molar-refractivity contribution in [2.24, 2.45) is 0 Å². The van der Waals surface area contributed by atoms with Crippen molar-refractivity contribution in [3.63, 3.8) is 0 Å². The summed E-state index contributed by atoms with van der Waals surface area (Å²) in [5, 5.41) is 4.08. The minimum absolute atomic E-state index is 0.301. The first kappa shape index (κ1) is 11.7. The van der Waals surface area contributed by atoms with E-state index in [2.05, 4.69) is 10.3 Å². The molecule has 0 spiro atoms. The maximum Gasteiger partial charge on any atom is 0.149 e. The van der Waals surface area contributed by atoms with Crippen molar-refractivity contribution >= 4 is 22.3 Å². The van der Waals surface area contributed by atoms with Gasteiger partial charge in [-0.25, -0.2) is 4.39 Å². The van der Waals surface area contributed by atoms with Gasteiger partial charge in [-0.3, -0.25) is 4.98 Å². The molecule has 2 nitrogen and oxygen atoms in total. The van der Waals surface area contributed by atoms with Crippen molar-refractivity contribution in [2.45, 2.75) is 6.92 Å². The monoisotopic (exact) mass is 252 g/mol. The molecule has 0 unspecified atom stereocenters. The summed E-state index contributed by atoms with van der Waals surface area (Å²) in [4.78, 5) is 4.08. The lowest BCUT2D eigenvalue weighted by molar-refractivity contribution is 0.637. The lowest BCUT2D eigenvalue weighted by Crippen LogP contribution is -1.93. The van der Waals surface area contributed by atoms with Crippen molar-refractivity contribution in [2.75, 3.05) is 5.32 Å². The van der Waals surface area contributed by atoms with Crippen molar-refractivity contribution in [1.29, 1.82) is 0 Å². The Morgan fingerprint density at radius 3 is 2.58 bits per heavy atom. The molecule has 0 atom stereocenters. The Morgan fingerprint density at radius 2 is 1.79 bits per heavy atom. The zero-order chi connectivity index (χ0) is 13.2. The Hall–Kier alpha value is -2.42. The van der Waals surface area contributed by atoms with Gasteiger partial charge >= 0.3 is 0 Å². The van der Waals surface area contributed by atoms with Crippen LogP contribution < -0.4 is 5.32 Å². The second-order valence-electron chi connectivity index (χ2n) is 4.49. The van der Waals surface area contributed by atoms with E-state index < -0.39 is 0 Å². The van der Waals surface area contributed by atoms with Gasteiger partial charge in [0, 0.05) is 23.0 Å². The number of nitrogens with one attached hydrogen (secondary N) is 1. The molecule has 0 aliphatic carbocycles. The van der Waals surface area contributed by atoms with Crippen LogP contribution in [0.15, 0.2) is 54.7 Å². The van der Waals surface area contributed by atoms with Gasteiger partial charge < -0.3 is 5.32 Å². The highest BCUT2D eigenvalue weighted by molar-refractivity contribution is 5.93. The second-order valence-corrected chi connectivity index (χ2v) is 4.49. The van der Waals surface area contributed by atoms with Crippen LogP contribution >= 0.6 is 0 Å². The highest BCUT2D eigenvalue weighted by Gasteiger charge is 2.05. The van der Waals surface area contributed by atoms with Crippen LogP contribution in [0.5, 0.6) is 0 Å². The van der Waals surface area contributed by atoms with E-state index in [9.17, 15) is 4.39 Å². The molecule has 0 bridgehead atoms. The van der Waals surface area contributed by atoms with Crippen molar-refractivity contribution in [3.05, 3.63) is 66.1 Å². The van der Waals surface area contributed by atoms with Crippen LogP contribution in [0.4, 0.5) is 15.8 Å². The molecule has 0 saturated carbocycles. The number of aromatic nitrogens is 1. The topological polar surface area (TPSA) is 24.9 Å². The van der Waals surface area contributed by atoms with Crippen LogP contribution in [0.3, 0.4) is 0 Å². The van der Waals surface area contributed by atoms with E-state index in [0.29, 0.717) is 5.52 Å². The third-order valence-corrected chi connectivity index (χ3v) is 3.05. The molecule has 1 N–H and O–H groups in total. The maximum atomic E-state index is 13.7. The Morgan fingerprint density at radius 1 is 1.00 bits per heavy atom. The first-order chi connectivity index (χ1) is 9.24. The largest absolute Gasteiger partial charge is 0.355 e. The smallest absolute Gasteiger partial charge is 0.149 e. The molecule has 1 heterocycles. The minimum atomic E-state index is -0.301. The number of hydrogen-bond donors (Lipinski definition) is 1. The lowest BCUT2D eigenvalue weighted by Gasteiger charge is -2.09. The molecule has 0 fully saturated rings. The first-order valence-corrected chi connectivity index (χ1v) is 6.11. The Balaban J connectivity index is 2.06. The Labute approximate surface area is 110 Å². The highest BCUT2D eigenvalue weighted by atomic mass is 19.1. The molecule has 0 amide bonds. The van der Waals surface area contributed by atoms with Gasteiger partial charge in [-0.05, 0) is 31.2 Å².